The monoisotopic (exact) mass is 330 g/mol. The zero-order valence-electron chi connectivity index (χ0n) is 8.27. The van der Waals surface area contributed by atoms with Crippen molar-refractivity contribution in [3.63, 3.8) is 0 Å². The van der Waals surface area contributed by atoms with E-state index in [0.717, 1.165) is 14.7 Å². The largest absolute Gasteiger partial charge is 0.384 e. The summed E-state index contributed by atoms with van der Waals surface area (Å²) in [5.41, 5.74) is 1.94. The summed E-state index contributed by atoms with van der Waals surface area (Å²) in [6.07, 6.45) is -0.496. The van der Waals surface area contributed by atoms with Gasteiger partial charge in [-0.3, -0.25) is 0 Å². The maximum atomic E-state index is 10.1. The smallest absolute Gasteiger partial charge is 0.105 e. The van der Waals surface area contributed by atoms with Crippen LogP contribution in [0.2, 0.25) is 0 Å². The lowest BCUT2D eigenvalue weighted by Gasteiger charge is -2.09. The van der Waals surface area contributed by atoms with Gasteiger partial charge in [0.25, 0.3) is 0 Å². The maximum Gasteiger partial charge on any atom is 0.105 e. The van der Waals surface area contributed by atoms with Crippen molar-refractivity contribution in [1.82, 2.24) is 0 Å². The van der Waals surface area contributed by atoms with Crippen molar-refractivity contribution in [3.05, 3.63) is 55.3 Å². The van der Waals surface area contributed by atoms with Crippen molar-refractivity contribution in [2.75, 3.05) is 0 Å². The number of hydrogen-bond donors (Lipinski definition) is 1. The standard InChI is InChI=1S/C12H11IOS/c1-8-5-10(7-15-8)12(14)9-3-2-4-11(13)6-9/h2-7,12,14H,1H3. The number of rotatable bonds is 2. The van der Waals surface area contributed by atoms with Gasteiger partial charge in [0.05, 0.1) is 0 Å². The van der Waals surface area contributed by atoms with Gasteiger partial charge in [-0.1, -0.05) is 12.1 Å². The van der Waals surface area contributed by atoms with Gasteiger partial charge in [0.2, 0.25) is 0 Å². The predicted molar refractivity (Wildman–Crippen MR) is 72.3 cm³/mol. The van der Waals surface area contributed by atoms with E-state index in [4.69, 9.17) is 0 Å². The molecular formula is C12H11IOS. The summed E-state index contributed by atoms with van der Waals surface area (Å²) >= 11 is 3.92. The molecule has 1 unspecified atom stereocenters. The summed E-state index contributed by atoms with van der Waals surface area (Å²) in [7, 11) is 0. The van der Waals surface area contributed by atoms with Gasteiger partial charge in [-0.15, -0.1) is 11.3 Å². The van der Waals surface area contributed by atoms with E-state index in [-0.39, 0.29) is 0 Å². The highest BCUT2D eigenvalue weighted by atomic mass is 127. The summed E-state index contributed by atoms with van der Waals surface area (Å²) in [6, 6.07) is 10.0. The zero-order chi connectivity index (χ0) is 10.8. The predicted octanol–water partition coefficient (Wildman–Crippen LogP) is 3.74. The molecule has 1 N–H and O–H groups in total. The molecule has 0 aliphatic heterocycles. The fourth-order valence-electron chi connectivity index (χ4n) is 1.48. The highest BCUT2D eigenvalue weighted by Crippen LogP contribution is 2.26. The average molecular weight is 330 g/mol. The lowest BCUT2D eigenvalue weighted by molar-refractivity contribution is 0.220. The normalized spacial score (nSPS) is 12.7. The lowest BCUT2D eigenvalue weighted by atomic mass is 10.0. The van der Waals surface area contributed by atoms with Crippen LogP contribution in [0.5, 0.6) is 0 Å². The first-order valence-electron chi connectivity index (χ1n) is 4.65. The molecule has 2 rings (SSSR count). The van der Waals surface area contributed by atoms with E-state index >= 15 is 0 Å². The first kappa shape index (κ1) is 11.1. The minimum absolute atomic E-state index is 0.496. The molecule has 0 amide bonds. The van der Waals surface area contributed by atoms with Crippen molar-refractivity contribution in [3.8, 4) is 0 Å². The topological polar surface area (TPSA) is 20.2 Å². The van der Waals surface area contributed by atoms with E-state index in [1.807, 2.05) is 35.7 Å². The van der Waals surface area contributed by atoms with Gasteiger partial charge in [-0.2, -0.15) is 0 Å². The Hall–Kier alpha value is -0.390. The van der Waals surface area contributed by atoms with E-state index in [1.165, 1.54) is 4.88 Å². The molecule has 0 fully saturated rings. The molecule has 1 heterocycles. The molecule has 0 spiro atoms. The SMILES string of the molecule is Cc1cc(C(O)c2cccc(I)c2)cs1. The molecule has 15 heavy (non-hydrogen) atoms. The molecule has 78 valence electrons. The van der Waals surface area contributed by atoms with Crippen LogP contribution in [0, 0.1) is 10.5 Å². The van der Waals surface area contributed by atoms with Crippen LogP contribution in [-0.4, -0.2) is 5.11 Å². The summed E-state index contributed by atoms with van der Waals surface area (Å²) in [4.78, 5) is 1.23. The molecule has 2 aromatic rings. The molecule has 0 aliphatic carbocycles. The summed E-state index contributed by atoms with van der Waals surface area (Å²) in [5, 5.41) is 12.1. The highest BCUT2D eigenvalue weighted by Gasteiger charge is 2.11. The Morgan fingerprint density at radius 1 is 1.27 bits per heavy atom. The van der Waals surface area contributed by atoms with Crippen molar-refractivity contribution < 1.29 is 5.11 Å². The molecule has 0 saturated carbocycles. The van der Waals surface area contributed by atoms with Gasteiger partial charge < -0.3 is 5.11 Å². The molecule has 1 aromatic carbocycles. The summed E-state index contributed by atoms with van der Waals surface area (Å²) in [6.45, 7) is 2.05. The second-order valence-corrected chi connectivity index (χ2v) is 5.81. The second kappa shape index (κ2) is 4.63. The number of thiophene rings is 1. The number of aliphatic hydroxyl groups is 1. The third-order valence-corrected chi connectivity index (χ3v) is 3.78. The van der Waals surface area contributed by atoms with Gasteiger partial charge in [-0.05, 0) is 64.2 Å². The summed E-state index contributed by atoms with van der Waals surface area (Å²) in [5.74, 6) is 0. The van der Waals surface area contributed by atoms with E-state index < -0.39 is 6.10 Å². The average Bonchev–Trinajstić information content (AvgIpc) is 2.64. The van der Waals surface area contributed by atoms with Crippen LogP contribution in [-0.2, 0) is 0 Å². The quantitative estimate of drug-likeness (QED) is 0.832. The molecule has 1 nitrogen and oxygen atoms in total. The molecule has 0 radical (unpaired) electrons. The highest BCUT2D eigenvalue weighted by molar-refractivity contribution is 14.1. The van der Waals surface area contributed by atoms with Crippen LogP contribution in [0.1, 0.15) is 22.1 Å². The lowest BCUT2D eigenvalue weighted by Crippen LogP contribution is -1.97. The minimum atomic E-state index is -0.496. The van der Waals surface area contributed by atoms with Crippen molar-refractivity contribution in [1.29, 1.82) is 0 Å². The Morgan fingerprint density at radius 2 is 2.07 bits per heavy atom. The van der Waals surface area contributed by atoms with Crippen LogP contribution < -0.4 is 0 Å². The maximum absolute atomic E-state index is 10.1. The zero-order valence-corrected chi connectivity index (χ0v) is 11.2. The van der Waals surface area contributed by atoms with Crippen molar-refractivity contribution in [2.45, 2.75) is 13.0 Å². The molecule has 1 atom stereocenters. The van der Waals surface area contributed by atoms with Crippen LogP contribution in [0.3, 0.4) is 0 Å². The fraction of sp³-hybridized carbons (Fsp3) is 0.167. The number of aryl methyl sites for hydroxylation is 1. The number of hydrogen-bond acceptors (Lipinski definition) is 2. The third kappa shape index (κ3) is 2.59. The second-order valence-electron chi connectivity index (χ2n) is 3.45. The third-order valence-electron chi connectivity index (χ3n) is 2.23. The Bertz CT molecular complexity index is 464. The van der Waals surface area contributed by atoms with Crippen LogP contribution in [0.25, 0.3) is 0 Å². The van der Waals surface area contributed by atoms with Crippen LogP contribution >= 0.6 is 33.9 Å². The molecule has 0 saturated heterocycles. The Labute approximate surface area is 107 Å². The molecular weight excluding hydrogens is 319 g/mol. The van der Waals surface area contributed by atoms with E-state index in [1.54, 1.807) is 11.3 Å². The Balaban J connectivity index is 2.32. The Morgan fingerprint density at radius 3 is 2.67 bits per heavy atom. The molecule has 3 heteroatoms. The number of aliphatic hydroxyl groups excluding tert-OH is 1. The minimum Gasteiger partial charge on any atom is -0.384 e. The van der Waals surface area contributed by atoms with Crippen LogP contribution in [0.15, 0.2) is 35.7 Å². The van der Waals surface area contributed by atoms with Gasteiger partial charge in [0.1, 0.15) is 6.10 Å². The van der Waals surface area contributed by atoms with Crippen molar-refractivity contribution in [2.24, 2.45) is 0 Å². The van der Waals surface area contributed by atoms with Gasteiger partial charge in [0.15, 0.2) is 0 Å². The number of halogens is 1. The van der Waals surface area contributed by atoms with E-state index in [0.29, 0.717) is 0 Å². The van der Waals surface area contributed by atoms with Crippen molar-refractivity contribution >= 4 is 33.9 Å². The first-order chi connectivity index (χ1) is 7.16. The first-order valence-corrected chi connectivity index (χ1v) is 6.61. The van der Waals surface area contributed by atoms with Crippen LogP contribution in [0.4, 0.5) is 0 Å². The Kier molecular flexibility index (Phi) is 3.43. The molecule has 1 aromatic heterocycles. The van der Waals surface area contributed by atoms with E-state index in [2.05, 4.69) is 29.5 Å². The molecule has 0 aliphatic rings. The fourth-order valence-corrected chi connectivity index (χ4v) is 2.77. The van der Waals surface area contributed by atoms with Gasteiger partial charge in [0, 0.05) is 8.45 Å². The van der Waals surface area contributed by atoms with Gasteiger partial charge >= 0.3 is 0 Å². The summed E-state index contributed by atoms with van der Waals surface area (Å²) < 4.78 is 1.15. The van der Waals surface area contributed by atoms with Gasteiger partial charge in [-0.25, -0.2) is 0 Å². The molecule has 0 bridgehead atoms. The van der Waals surface area contributed by atoms with E-state index in [9.17, 15) is 5.11 Å². The number of benzene rings is 1.